The molecule has 2 heterocycles. The summed E-state index contributed by atoms with van der Waals surface area (Å²) in [4.78, 5) is 2.45. The van der Waals surface area contributed by atoms with Gasteiger partial charge in [-0.15, -0.1) is 10.2 Å². The van der Waals surface area contributed by atoms with Crippen LogP contribution in [0.25, 0.3) is 11.3 Å². The van der Waals surface area contributed by atoms with Gasteiger partial charge in [-0.1, -0.05) is 6.92 Å². The molecule has 1 aliphatic heterocycles. The molecule has 0 saturated carbocycles. The Balaban J connectivity index is 1.65. The third kappa shape index (κ3) is 3.60. The van der Waals surface area contributed by atoms with Crippen molar-refractivity contribution in [2.75, 3.05) is 25.0 Å². The van der Waals surface area contributed by atoms with Crippen LogP contribution in [0, 0.1) is 5.82 Å². The third-order valence-electron chi connectivity index (χ3n) is 4.11. The Labute approximate surface area is 130 Å². The van der Waals surface area contributed by atoms with Crippen LogP contribution in [-0.4, -0.2) is 40.8 Å². The van der Waals surface area contributed by atoms with Gasteiger partial charge in [0, 0.05) is 18.2 Å². The molecule has 0 spiro atoms. The van der Waals surface area contributed by atoms with Gasteiger partial charge < -0.3 is 10.2 Å². The monoisotopic (exact) mass is 300 g/mol. The first-order valence-electron chi connectivity index (χ1n) is 7.83. The fourth-order valence-electron chi connectivity index (χ4n) is 2.85. The Morgan fingerprint density at radius 2 is 2.00 bits per heavy atom. The van der Waals surface area contributed by atoms with Gasteiger partial charge in [0.1, 0.15) is 11.6 Å². The average Bonchev–Trinajstić information content (AvgIpc) is 2.57. The summed E-state index contributed by atoms with van der Waals surface area (Å²) in [5.74, 6) is 0.557. The van der Waals surface area contributed by atoms with Crippen molar-refractivity contribution < 1.29 is 4.39 Å². The largest absolute Gasteiger partial charge is 0.365 e. The zero-order chi connectivity index (χ0) is 15.4. The number of benzene rings is 1. The fourth-order valence-corrected chi connectivity index (χ4v) is 2.85. The summed E-state index contributed by atoms with van der Waals surface area (Å²) in [6.07, 6.45) is 2.38. The van der Waals surface area contributed by atoms with Crippen LogP contribution in [0.15, 0.2) is 36.4 Å². The lowest BCUT2D eigenvalue weighted by molar-refractivity contribution is 0.226. The molecule has 1 aromatic heterocycles. The summed E-state index contributed by atoms with van der Waals surface area (Å²) >= 11 is 0. The molecule has 2 aromatic rings. The molecule has 0 radical (unpaired) electrons. The van der Waals surface area contributed by atoms with Crippen LogP contribution >= 0.6 is 0 Å². The number of rotatable bonds is 4. The molecule has 1 atom stereocenters. The van der Waals surface area contributed by atoms with Gasteiger partial charge in [0.25, 0.3) is 0 Å². The molecule has 1 aromatic carbocycles. The molecule has 0 amide bonds. The standard InChI is InChI=1S/C17H21FN4/c1-2-22-11-3-4-15(12-22)19-17-10-9-16(20-21-17)13-5-7-14(18)8-6-13/h5-10,15H,2-4,11-12H2,1H3,(H,19,21). The van der Waals surface area contributed by atoms with Crippen LogP contribution in [0.2, 0.25) is 0 Å². The van der Waals surface area contributed by atoms with E-state index >= 15 is 0 Å². The minimum Gasteiger partial charge on any atom is -0.365 e. The summed E-state index contributed by atoms with van der Waals surface area (Å²) in [5, 5.41) is 11.9. The van der Waals surface area contributed by atoms with E-state index in [0.29, 0.717) is 6.04 Å². The first-order valence-corrected chi connectivity index (χ1v) is 7.83. The second kappa shape index (κ2) is 6.83. The normalized spacial score (nSPS) is 19.1. The number of hydrogen-bond donors (Lipinski definition) is 1. The zero-order valence-corrected chi connectivity index (χ0v) is 12.8. The number of aromatic nitrogens is 2. The zero-order valence-electron chi connectivity index (χ0n) is 12.8. The Morgan fingerprint density at radius 1 is 1.18 bits per heavy atom. The third-order valence-corrected chi connectivity index (χ3v) is 4.11. The fraction of sp³-hybridized carbons (Fsp3) is 0.412. The highest BCUT2D eigenvalue weighted by Crippen LogP contribution is 2.19. The smallest absolute Gasteiger partial charge is 0.148 e. The topological polar surface area (TPSA) is 41.0 Å². The molecule has 1 aliphatic rings. The predicted octanol–water partition coefficient (Wildman–Crippen LogP) is 3.18. The van der Waals surface area contributed by atoms with Crippen molar-refractivity contribution in [3.63, 3.8) is 0 Å². The molecule has 4 nitrogen and oxygen atoms in total. The van der Waals surface area contributed by atoms with Crippen molar-refractivity contribution in [1.29, 1.82) is 0 Å². The predicted molar refractivity (Wildman–Crippen MR) is 86.2 cm³/mol. The molecule has 22 heavy (non-hydrogen) atoms. The van der Waals surface area contributed by atoms with Crippen molar-refractivity contribution in [2.45, 2.75) is 25.8 Å². The number of hydrogen-bond acceptors (Lipinski definition) is 4. The maximum absolute atomic E-state index is 12.9. The maximum Gasteiger partial charge on any atom is 0.148 e. The van der Waals surface area contributed by atoms with Gasteiger partial charge in [-0.05, 0) is 62.3 Å². The minimum absolute atomic E-state index is 0.243. The molecular weight excluding hydrogens is 279 g/mol. The van der Waals surface area contributed by atoms with Crippen LogP contribution < -0.4 is 5.32 Å². The van der Waals surface area contributed by atoms with Crippen LogP contribution in [0.5, 0.6) is 0 Å². The molecular formula is C17H21FN4. The van der Waals surface area contributed by atoms with Crippen molar-refractivity contribution in [3.05, 3.63) is 42.2 Å². The van der Waals surface area contributed by atoms with E-state index in [1.165, 1.54) is 25.1 Å². The minimum atomic E-state index is -0.243. The van der Waals surface area contributed by atoms with E-state index in [-0.39, 0.29) is 5.82 Å². The highest BCUT2D eigenvalue weighted by atomic mass is 19.1. The molecule has 1 N–H and O–H groups in total. The highest BCUT2D eigenvalue weighted by Gasteiger charge is 2.18. The summed E-state index contributed by atoms with van der Waals surface area (Å²) in [7, 11) is 0. The Hall–Kier alpha value is -2.01. The molecule has 116 valence electrons. The Kier molecular flexibility index (Phi) is 4.63. The molecule has 1 unspecified atom stereocenters. The van der Waals surface area contributed by atoms with E-state index in [1.807, 2.05) is 12.1 Å². The number of likely N-dealkylation sites (tertiary alicyclic amines) is 1. The Morgan fingerprint density at radius 3 is 2.68 bits per heavy atom. The van der Waals surface area contributed by atoms with Crippen molar-refractivity contribution in [3.8, 4) is 11.3 Å². The van der Waals surface area contributed by atoms with E-state index < -0.39 is 0 Å². The van der Waals surface area contributed by atoms with Crippen LogP contribution in [0.4, 0.5) is 10.2 Å². The first-order chi connectivity index (χ1) is 10.7. The van der Waals surface area contributed by atoms with Gasteiger partial charge in [-0.3, -0.25) is 0 Å². The second-order valence-electron chi connectivity index (χ2n) is 5.69. The van der Waals surface area contributed by atoms with Crippen LogP contribution in [0.3, 0.4) is 0 Å². The summed E-state index contributed by atoms with van der Waals surface area (Å²) < 4.78 is 12.9. The Bertz CT molecular complexity index is 597. The van der Waals surface area contributed by atoms with E-state index in [9.17, 15) is 4.39 Å². The van der Waals surface area contributed by atoms with Gasteiger partial charge >= 0.3 is 0 Å². The lowest BCUT2D eigenvalue weighted by Crippen LogP contribution is -2.42. The molecule has 1 fully saturated rings. The lowest BCUT2D eigenvalue weighted by Gasteiger charge is -2.32. The maximum atomic E-state index is 12.9. The SMILES string of the molecule is CCN1CCCC(Nc2ccc(-c3ccc(F)cc3)nn2)C1. The number of nitrogens with one attached hydrogen (secondary N) is 1. The summed E-state index contributed by atoms with van der Waals surface area (Å²) in [6.45, 7) is 5.52. The first kappa shape index (κ1) is 14.9. The molecule has 5 heteroatoms. The van der Waals surface area contributed by atoms with Gasteiger partial charge in [0.05, 0.1) is 5.69 Å². The lowest BCUT2D eigenvalue weighted by atomic mass is 10.1. The number of halogens is 1. The number of piperidine rings is 1. The number of nitrogens with zero attached hydrogens (tertiary/aromatic N) is 3. The average molecular weight is 300 g/mol. The van der Waals surface area contributed by atoms with E-state index in [0.717, 1.165) is 36.6 Å². The highest BCUT2D eigenvalue weighted by molar-refractivity contribution is 5.59. The van der Waals surface area contributed by atoms with Gasteiger partial charge in [0.15, 0.2) is 0 Å². The quantitative estimate of drug-likeness (QED) is 0.941. The molecule has 0 aliphatic carbocycles. The molecule has 1 saturated heterocycles. The number of likely N-dealkylation sites (N-methyl/N-ethyl adjacent to an activating group) is 1. The van der Waals surface area contributed by atoms with Crippen molar-refractivity contribution >= 4 is 5.82 Å². The van der Waals surface area contributed by atoms with Gasteiger partial charge in [-0.25, -0.2) is 4.39 Å². The van der Waals surface area contributed by atoms with Gasteiger partial charge in [-0.2, -0.15) is 0 Å². The van der Waals surface area contributed by atoms with Crippen LogP contribution in [0.1, 0.15) is 19.8 Å². The van der Waals surface area contributed by atoms with E-state index in [4.69, 9.17) is 0 Å². The van der Waals surface area contributed by atoms with Gasteiger partial charge in [0.2, 0.25) is 0 Å². The van der Waals surface area contributed by atoms with E-state index in [1.54, 1.807) is 12.1 Å². The second-order valence-corrected chi connectivity index (χ2v) is 5.69. The molecule has 0 bridgehead atoms. The molecule has 3 rings (SSSR count). The van der Waals surface area contributed by atoms with Crippen molar-refractivity contribution in [2.24, 2.45) is 0 Å². The van der Waals surface area contributed by atoms with Crippen LogP contribution in [-0.2, 0) is 0 Å². The summed E-state index contributed by atoms with van der Waals surface area (Å²) in [6, 6.07) is 10.6. The van der Waals surface area contributed by atoms with E-state index in [2.05, 4.69) is 27.3 Å². The number of anilines is 1. The summed E-state index contributed by atoms with van der Waals surface area (Å²) in [5.41, 5.74) is 1.62. The van der Waals surface area contributed by atoms with Crippen molar-refractivity contribution in [1.82, 2.24) is 15.1 Å².